The van der Waals surface area contributed by atoms with Crippen LogP contribution in [0.15, 0.2) is 109 Å². The van der Waals surface area contributed by atoms with Crippen LogP contribution in [0.4, 0.5) is 0 Å². The lowest BCUT2D eigenvalue weighted by Gasteiger charge is -2.18. The Morgan fingerprint density at radius 1 is 0.373 bits per heavy atom. The second-order valence-corrected chi connectivity index (χ2v) is 15.0. The Morgan fingerprint density at radius 3 is 1.29 bits per heavy atom. The first-order valence-electron chi connectivity index (χ1n) is 23.5. The number of allylic oxidation sites excluding steroid dienone is 18. The number of carbonyl (C=O) groups is 3. The average molecular weight is 817 g/mol. The van der Waals surface area contributed by atoms with Crippen LogP contribution in [0.2, 0.25) is 0 Å². The van der Waals surface area contributed by atoms with Crippen LogP contribution in [0.25, 0.3) is 0 Å². The van der Waals surface area contributed by atoms with Crippen molar-refractivity contribution in [2.24, 2.45) is 0 Å². The van der Waals surface area contributed by atoms with Crippen molar-refractivity contribution in [2.45, 2.75) is 194 Å². The largest absolute Gasteiger partial charge is 0.462 e. The van der Waals surface area contributed by atoms with E-state index >= 15 is 0 Å². The summed E-state index contributed by atoms with van der Waals surface area (Å²) in [5.41, 5.74) is 0. The maximum Gasteiger partial charge on any atom is 0.306 e. The van der Waals surface area contributed by atoms with Gasteiger partial charge in [-0.1, -0.05) is 201 Å². The molecule has 0 aromatic heterocycles. The van der Waals surface area contributed by atoms with Crippen LogP contribution >= 0.6 is 0 Å². The minimum Gasteiger partial charge on any atom is -0.462 e. The van der Waals surface area contributed by atoms with Crippen molar-refractivity contribution in [3.8, 4) is 0 Å². The fraction of sp³-hybridized carbons (Fsp3) is 0.604. The molecule has 0 rings (SSSR count). The molecule has 0 aromatic carbocycles. The highest BCUT2D eigenvalue weighted by molar-refractivity contribution is 5.71. The zero-order valence-corrected chi connectivity index (χ0v) is 37.7. The molecule has 0 saturated heterocycles. The molecule has 0 radical (unpaired) electrons. The van der Waals surface area contributed by atoms with Gasteiger partial charge >= 0.3 is 17.9 Å². The first-order chi connectivity index (χ1) is 29.0. The molecule has 0 N–H and O–H groups in total. The fourth-order valence-electron chi connectivity index (χ4n) is 5.92. The van der Waals surface area contributed by atoms with Crippen LogP contribution in [0.5, 0.6) is 0 Å². The van der Waals surface area contributed by atoms with Gasteiger partial charge in [0.15, 0.2) is 6.10 Å². The van der Waals surface area contributed by atoms with Crippen LogP contribution in [0.3, 0.4) is 0 Å². The standard InChI is InChI=1S/C53H84O6/c1-4-7-10-13-16-19-22-25-26-29-31-34-37-40-43-46-52(55)58-49-50(59-53(56)47-44-41-38-35-32-28-24-21-18-15-12-9-6-3)48-57-51(54)45-42-39-36-33-30-27-23-20-17-14-11-8-5-2/h7,9-10,12-13,15-16,18-19,21-22,24,27-28,30,32,36,39,50H,4-6,8,11,14,17,20,23,25-26,29,31,33-35,37-38,40-49H2,1-3H3/b10-7-,12-9-,16-13-,18-15-,22-19-,24-21-,30-27-,32-28-,39-36-. The van der Waals surface area contributed by atoms with Crippen molar-refractivity contribution in [3.05, 3.63) is 109 Å². The summed E-state index contributed by atoms with van der Waals surface area (Å²) in [5.74, 6) is -1.05. The maximum atomic E-state index is 12.7. The average Bonchev–Trinajstić information content (AvgIpc) is 3.23. The minimum atomic E-state index is -0.826. The first kappa shape index (κ1) is 55.1. The Morgan fingerprint density at radius 2 is 0.763 bits per heavy atom. The van der Waals surface area contributed by atoms with Crippen LogP contribution in [-0.2, 0) is 28.6 Å². The van der Waals surface area contributed by atoms with Crippen molar-refractivity contribution >= 4 is 17.9 Å². The summed E-state index contributed by atoms with van der Waals surface area (Å²) in [5, 5.41) is 0. The van der Waals surface area contributed by atoms with E-state index in [-0.39, 0.29) is 44.0 Å². The second kappa shape index (κ2) is 46.8. The lowest BCUT2D eigenvalue weighted by molar-refractivity contribution is -0.166. The van der Waals surface area contributed by atoms with Crippen molar-refractivity contribution < 1.29 is 28.6 Å². The lowest BCUT2D eigenvalue weighted by atomic mass is 10.1. The third kappa shape index (κ3) is 45.0. The molecule has 332 valence electrons. The lowest BCUT2D eigenvalue weighted by Crippen LogP contribution is -2.30. The summed E-state index contributed by atoms with van der Waals surface area (Å²) in [4.78, 5) is 37.8. The summed E-state index contributed by atoms with van der Waals surface area (Å²) < 4.78 is 16.6. The van der Waals surface area contributed by atoms with Crippen molar-refractivity contribution in [3.63, 3.8) is 0 Å². The van der Waals surface area contributed by atoms with Crippen molar-refractivity contribution in [2.75, 3.05) is 13.2 Å². The van der Waals surface area contributed by atoms with E-state index in [0.29, 0.717) is 19.3 Å². The maximum absolute atomic E-state index is 12.7. The van der Waals surface area contributed by atoms with Crippen molar-refractivity contribution in [1.82, 2.24) is 0 Å². The summed E-state index contributed by atoms with van der Waals surface area (Å²) in [7, 11) is 0. The smallest absolute Gasteiger partial charge is 0.306 e. The predicted molar refractivity (Wildman–Crippen MR) is 251 cm³/mol. The molecule has 0 saturated carbocycles. The van der Waals surface area contributed by atoms with E-state index in [4.69, 9.17) is 14.2 Å². The molecule has 0 aliphatic heterocycles. The van der Waals surface area contributed by atoms with Crippen LogP contribution in [0, 0.1) is 0 Å². The first-order valence-corrected chi connectivity index (χ1v) is 23.5. The van der Waals surface area contributed by atoms with Gasteiger partial charge in [-0.25, -0.2) is 0 Å². The summed E-state index contributed by atoms with van der Waals surface area (Å²) >= 11 is 0. The van der Waals surface area contributed by atoms with E-state index < -0.39 is 6.10 Å². The molecule has 0 aliphatic rings. The van der Waals surface area contributed by atoms with E-state index in [1.165, 1.54) is 64.2 Å². The van der Waals surface area contributed by atoms with Gasteiger partial charge in [0.25, 0.3) is 0 Å². The molecule has 0 aromatic rings. The third-order valence-electron chi connectivity index (χ3n) is 9.41. The molecular weight excluding hydrogens is 733 g/mol. The quantitative estimate of drug-likeness (QED) is 0.0201. The third-order valence-corrected chi connectivity index (χ3v) is 9.41. The van der Waals surface area contributed by atoms with Crippen LogP contribution < -0.4 is 0 Å². The van der Waals surface area contributed by atoms with E-state index in [0.717, 1.165) is 70.6 Å². The topological polar surface area (TPSA) is 78.9 Å². The zero-order valence-electron chi connectivity index (χ0n) is 37.7. The number of carbonyl (C=O) groups excluding carboxylic acids is 3. The summed E-state index contributed by atoms with van der Waals surface area (Å²) in [6.07, 6.45) is 62.2. The van der Waals surface area contributed by atoms with Crippen LogP contribution in [0.1, 0.15) is 188 Å². The van der Waals surface area contributed by atoms with Gasteiger partial charge in [-0.3, -0.25) is 14.4 Å². The normalized spacial score (nSPS) is 13.1. The molecule has 0 bridgehead atoms. The predicted octanol–water partition coefficient (Wildman–Crippen LogP) is 15.2. The molecule has 6 nitrogen and oxygen atoms in total. The molecule has 1 atom stereocenters. The monoisotopic (exact) mass is 817 g/mol. The van der Waals surface area contributed by atoms with Gasteiger partial charge in [0.1, 0.15) is 13.2 Å². The van der Waals surface area contributed by atoms with Crippen molar-refractivity contribution in [1.29, 1.82) is 0 Å². The molecule has 0 fully saturated rings. The van der Waals surface area contributed by atoms with Gasteiger partial charge < -0.3 is 14.2 Å². The highest BCUT2D eigenvalue weighted by atomic mass is 16.6. The Labute approximate surface area is 361 Å². The molecule has 1 unspecified atom stereocenters. The molecule has 0 amide bonds. The highest BCUT2D eigenvalue weighted by Crippen LogP contribution is 2.12. The molecule has 59 heavy (non-hydrogen) atoms. The SMILES string of the molecule is CC\C=C/C=C\C=C/C=C\CCCCCC(=O)OC(COC(=O)CC/C=C\C/C=C\CCCCCCCC)COC(=O)CCCCCCCCC\C=C/C=C\C=C/CC. The minimum absolute atomic E-state index is 0.120. The molecule has 0 heterocycles. The van der Waals surface area contributed by atoms with Gasteiger partial charge in [0.2, 0.25) is 0 Å². The Bertz CT molecular complexity index is 1260. The molecule has 0 aliphatic carbocycles. The van der Waals surface area contributed by atoms with Crippen LogP contribution in [-0.4, -0.2) is 37.2 Å². The number of hydrogen-bond acceptors (Lipinski definition) is 6. The molecular formula is C53H84O6. The number of unbranched alkanes of at least 4 members (excludes halogenated alkanes) is 16. The molecule has 0 spiro atoms. The Balaban J connectivity index is 4.55. The van der Waals surface area contributed by atoms with E-state index in [1.807, 2.05) is 42.5 Å². The van der Waals surface area contributed by atoms with Gasteiger partial charge in [-0.2, -0.15) is 0 Å². The number of hydrogen-bond donors (Lipinski definition) is 0. The van der Waals surface area contributed by atoms with Gasteiger partial charge in [0.05, 0.1) is 0 Å². The number of ether oxygens (including phenoxy) is 3. The van der Waals surface area contributed by atoms with Gasteiger partial charge in [-0.05, 0) is 77.0 Å². The van der Waals surface area contributed by atoms with Gasteiger partial charge in [0, 0.05) is 19.3 Å². The zero-order chi connectivity index (χ0) is 43.0. The Kier molecular flexibility index (Phi) is 43.6. The summed E-state index contributed by atoms with van der Waals surface area (Å²) in [6.45, 7) is 6.23. The fourth-order valence-corrected chi connectivity index (χ4v) is 5.92. The van der Waals surface area contributed by atoms with E-state index in [2.05, 4.69) is 87.6 Å². The molecule has 6 heteroatoms. The van der Waals surface area contributed by atoms with Gasteiger partial charge in [-0.15, -0.1) is 0 Å². The second-order valence-electron chi connectivity index (χ2n) is 15.0. The van der Waals surface area contributed by atoms with E-state index in [9.17, 15) is 14.4 Å². The summed E-state index contributed by atoms with van der Waals surface area (Å²) in [6, 6.07) is 0. The highest BCUT2D eigenvalue weighted by Gasteiger charge is 2.19. The van der Waals surface area contributed by atoms with E-state index in [1.54, 1.807) is 0 Å². The number of esters is 3. The Hall–Kier alpha value is -3.93. The number of rotatable bonds is 40.